The molecular weight excluding hydrogens is 210 g/mol. The molecule has 1 aromatic heterocycles. The van der Waals surface area contributed by atoms with Crippen LogP contribution in [0.4, 0.5) is 0 Å². The number of hydrogen-bond donors (Lipinski definition) is 2. The van der Waals surface area contributed by atoms with E-state index in [9.17, 15) is 4.79 Å². The summed E-state index contributed by atoms with van der Waals surface area (Å²) in [7, 11) is 0. The summed E-state index contributed by atoms with van der Waals surface area (Å²) in [6.45, 7) is 4.50. The molecule has 1 heterocycles. The lowest BCUT2D eigenvalue weighted by molar-refractivity contribution is -0.122. The van der Waals surface area contributed by atoms with E-state index in [-0.39, 0.29) is 6.61 Å². The van der Waals surface area contributed by atoms with Crippen LogP contribution in [0.15, 0.2) is 6.33 Å². The summed E-state index contributed by atoms with van der Waals surface area (Å²) >= 11 is 0. The van der Waals surface area contributed by atoms with Crippen LogP contribution in [0.25, 0.3) is 0 Å². The monoisotopic (exact) mass is 227 g/mol. The molecule has 0 aliphatic carbocycles. The smallest absolute Gasteiger partial charge is 0.243 e. The summed E-state index contributed by atoms with van der Waals surface area (Å²) in [5.74, 6) is 0.433. The summed E-state index contributed by atoms with van der Waals surface area (Å²) in [5.41, 5.74) is 4.92. The van der Waals surface area contributed by atoms with Crippen molar-refractivity contribution >= 4 is 5.91 Å². The number of ether oxygens (including phenoxy) is 1. The van der Waals surface area contributed by atoms with E-state index in [1.165, 1.54) is 6.33 Å². The zero-order chi connectivity index (χ0) is 11.8. The Morgan fingerprint density at radius 3 is 3.19 bits per heavy atom. The van der Waals surface area contributed by atoms with Crippen molar-refractivity contribution < 1.29 is 9.53 Å². The van der Waals surface area contributed by atoms with Crippen LogP contribution < -0.4 is 11.1 Å². The van der Waals surface area contributed by atoms with Gasteiger partial charge in [-0.05, 0) is 6.92 Å². The number of amides is 1. The predicted octanol–water partition coefficient (Wildman–Crippen LogP) is -1.11. The van der Waals surface area contributed by atoms with Crippen molar-refractivity contribution in [1.82, 2.24) is 20.1 Å². The van der Waals surface area contributed by atoms with Gasteiger partial charge >= 0.3 is 0 Å². The second-order valence-electron chi connectivity index (χ2n) is 3.19. The highest BCUT2D eigenvalue weighted by atomic mass is 16.5. The quantitative estimate of drug-likeness (QED) is 0.549. The van der Waals surface area contributed by atoms with Crippen LogP contribution in [0.3, 0.4) is 0 Å². The van der Waals surface area contributed by atoms with E-state index in [1.807, 2.05) is 11.6 Å². The predicted molar refractivity (Wildman–Crippen MR) is 57.4 cm³/mol. The topological polar surface area (TPSA) is 95.1 Å². The molecule has 90 valence electrons. The third-order valence-corrected chi connectivity index (χ3v) is 1.95. The molecule has 0 spiro atoms. The Balaban J connectivity index is 2.09. The molecule has 0 radical (unpaired) electrons. The highest BCUT2D eigenvalue weighted by Crippen LogP contribution is 1.92. The Bertz CT molecular complexity index is 325. The molecule has 7 heteroatoms. The lowest BCUT2D eigenvalue weighted by Gasteiger charge is -2.05. The fourth-order valence-electron chi connectivity index (χ4n) is 1.21. The normalized spacial score (nSPS) is 10.6. The van der Waals surface area contributed by atoms with Crippen LogP contribution in [0.2, 0.25) is 0 Å². The molecule has 1 aromatic rings. The maximum atomic E-state index is 10.4. The van der Waals surface area contributed by atoms with Gasteiger partial charge in [-0.15, -0.1) is 0 Å². The van der Waals surface area contributed by atoms with Crippen molar-refractivity contribution in [3.8, 4) is 0 Å². The van der Waals surface area contributed by atoms with Gasteiger partial charge in [-0.2, -0.15) is 5.10 Å². The van der Waals surface area contributed by atoms with E-state index >= 15 is 0 Å². The number of nitrogens with one attached hydrogen (secondary N) is 1. The number of aromatic nitrogens is 3. The number of rotatable bonds is 8. The Hall–Kier alpha value is -1.47. The van der Waals surface area contributed by atoms with Crippen LogP contribution in [0.5, 0.6) is 0 Å². The second kappa shape index (κ2) is 6.91. The number of hydrogen-bond acceptors (Lipinski definition) is 5. The molecule has 3 N–H and O–H groups in total. The molecule has 0 atom stereocenters. The van der Waals surface area contributed by atoms with E-state index < -0.39 is 5.91 Å². The van der Waals surface area contributed by atoms with Gasteiger partial charge in [0.25, 0.3) is 0 Å². The first kappa shape index (κ1) is 12.6. The van der Waals surface area contributed by atoms with E-state index in [0.29, 0.717) is 19.7 Å². The summed E-state index contributed by atoms with van der Waals surface area (Å²) < 4.78 is 6.81. The molecule has 7 nitrogen and oxygen atoms in total. The molecular formula is C9H17N5O2. The van der Waals surface area contributed by atoms with Crippen molar-refractivity contribution in [3.63, 3.8) is 0 Å². The number of aryl methyl sites for hydroxylation is 1. The number of nitrogens with two attached hydrogens (primary N) is 1. The fourth-order valence-corrected chi connectivity index (χ4v) is 1.21. The third kappa shape index (κ3) is 4.37. The van der Waals surface area contributed by atoms with E-state index in [1.54, 1.807) is 0 Å². The molecule has 0 fully saturated rings. The zero-order valence-corrected chi connectivity index (χ0v) is 9.35. The van der Waals surface area contributed by atoms with Gasteiger partial charge < -0.3 is 15.8 Å². The lowest BCUT2D eigenvalue weighted by atomic mass is 10.5. The van der Waals surface area contributed by atoms with Gasteiger partial charge in [0.15, 0.2) is 0 Å². The summed E-state index contributed by atoms with van der Waals surface area (Å²) in [6, 6.07) is 0. The van der Waals surface area contributed by atoms with Gasteiger partial charge in [0, 0.05) is 13.1 Å². The van der Waals surface area contributed by atoms with Gasteiger partial charge in [0.1, 0.15) is 18.8 Å². The van der Waals surface area contributed by atoms with E-state index in [2.05, 4.69) is 15.4 Å². The van der Waals surface area contributed by atoms with Gasteiger partial charge in [0.2, 0.25) is 5.91 Å². The Morgan fingerprint density at radius 2 is 2.50 bits per heavy atom. The molecule has 0 bridgehead atoms. The first-order chi connectivity index (χ1) is 7.74. The van der Waals surface area contributed by atoms with Crippen molar-refractivity contribution in [2.24, 2.45) is 5.73 Å². The van der Waals surface area contributed by atoms with Crippen LogP contribution >= 0.6 is 0 Å². The average Bonchev–Trinajstić information content (AvgIpc) is 2.70. The largest absolute Gasteiger partial charge is 0.370 e. The summed E-state index contributed by atoms with van der Waals surface area (Å²) in [6.07, 6.45) is 1.53. The first-order valence-corrected chi connectivity index (χ1v) is 5.17. The maximum absolute atomic E-state index is 10.4. The molecule has 16 heavy (non-hydrogen) atoms. The molecule has 0 unspecified atom stereocenters. The lowest BCUT2D eigenvalue weighted by Crippen LogP contribution is -2.24. The minimum atomic E-state index is -0.453. The van der Waals surface area contributed by atoms with Crippen LogP contribution in [-0.4, -0.2) is 40.4 Å². The van der Waals surface area contributed by atoms with Crippen LogP contribution in [-0.2, 0) is 22.6 Å². The first-order valence-electron chi connectivity index (χ1n) is 5.17. The minimum Gasteiger partial charge on any atom is -0.370 e. The molecule has 0 saturated carbocycles. The standard InChI is InChI=1S/C9H17N5O2/c1-2-14-9(12-7-13-14)5-11-3-4-16-6-8(10)15/h7,11H,2-6H2,1H3,(H2,10,15). The van der Waals surface area contributed by atoms with Gasteiger partial charge in [-0.1, -0.05) is 0 Å². The Labute approximate surface area is 94.0 Å². The van der Waals surface area contributed by atoms with Crippen molar-refractivity contribution in [2.45, 2.75) is 20.0 Å². The van der Waals surface area contributed by atoms with Gasteiger partial charge in [-0.3, -0.25) is 4.79 Å². The van der Waals surface area contributed by atoms with Crippen molar-refractivity contribution in [3.05, 3.63) is 12.2 Å². The third-order valence-electron chi connectivity index (χ3n) is 1.95. The number of primary amides is 1. The average molecular weight is 227 g/mol. The molecule has 0 aliphatic heterocycles. The number of carbonyl (C=O) groups is 1. The number of nitrogens with zero attached hydrogens (tertiary/aromatic N) is 3. The maximum Gasteiger partial charge on any atom is 0.243 e. The summed E-state index contributed by atoms with van der Waals surface area (Å²) in [4.78, 5) is 14.5. The van der Waals surface area contributed by atoms with E-state index in [0.717, 1.165) is 12.4 Å². The second-order valence-corrected chi connectivity index (χ2v) is 3.19. The Kier molecular flexibility index (Phi) is 5.44. The van der Waals surface area contributed by atoms with Crippen molar-refractivity contribution in [1.29, 1.82) is 0 Å². The number of carbonyl (C=O) groups excluding carboxylic acids is 1. The molecule has 0 aliphatic rings. The van der Waals surface area contributed by atoms with Crippen LogP contribution in [0.1, 0.15) is 12.7 Å². The van der Waals surface area contributed by atoms with Gasteiger partial charge in [0.05, 0.1) is 13.2 Å². The summed E-state index contributed by atoms with van der Waals surface area (Å²) in [5, 5.41) is 7.18. The fraction of sp³-hybridized carbons (Fsp3) is 0.667. The Morgan fingerprint density at radius 1 is 1.69 bits per heavy atom. The molecule has 1 amide bonds. The zero-order valence-electron chi connectivity index (χ0n) is 9.35. The molecule has 0 saturated heterocycles. The highest BCUT2D eigenvalue weighted by Gasteiger charge is 2.01. The minimum absolute atomic E-state index is 0.0349. The SMILES string of the molecule is CCn1ncnc1CNCCOCC(N)=O. The highest BCUT2D eigenvalue weighted by molar-refractivity contribution is 5.74. The van der Waals surface area contributed by atoms with Crippen molar-refractivity contribution in [2.75, 3.05) is 19.8 Å². The molecule has 1 rings (SSSR count). The van der Waals surface area contributed by atoms with E-state index in [4.69, 9.17) is 10.5 Å². The molecule has 0 aromatic carbocycles. The van der Waals surface area contributed by atoms with Gasteiger partial charge in [-0.25, -0.2) is 9.67 Å². The van der Waals surface area contributed by atoms with Crippen LogP contribution in [0, 0.1) is 0 Å².